The molecule has 14 nitrogen and oxygen atoms in total. The van der Waals surface area contributed by atoms with Gasteiger partial charge in [0.15, 0.2) is 0 Å². The average molecular weight is 846 g/mol. The monoisotopic (exact) mass is 844 g/mol. The van der Waals surface area contributed by atoms with Crippen LogP contribution in [0.3, 0.4) is 0 Å². The topological polar surface area (TPSA) is 158 Å². The number of carbonyl (C=O) groups excluding carboxylic acids is 2. The molecule has 0 aliphatic carbocycles. The molecule has 0 unspecified atom stereocenters. The molecule has 17 heteroatoms. The van der Waals surface area contributed by atoms with Crippen LogP contribution in [0.25, 0.3) is 11.0 Å². The van der Waals surface area contributed by atoms with Gasteiger partial charge in [-0.05, 0) is 92.0 Å². The van der Waals surface area contributed by atoms with Crippen molar-refractivity contribution in [3.8, 4) is 5.75 Å². The number of rotatable bonds is 11. The summed E-state index contributed by atoms with van der Waals surface area (Å²) < 4.78 is 35.1. The first-order valence-electron chi connectivity index (χ1n) is 18.2. The SMILES string of the molecule is COc1cc(N2CCC(N(C)Cc3ccc(N4CCC(=O)NC4=O)cc3F)CC2)c(C)cc1Nc1ncc(Br)c(Nc2ccc3nccnc3c2P(C)(C)=O)n1. The Kier molecular flexibility index (Phi) is 11.2. The first kappa shape index (κ1) is 39.1. The van der Waals surface area contributed by atoms with E-state index in [0.29, 0.717) is 67.5 Å². The van der Waals surface area contributed by atoms with Gasteiger partial charge in [0.05, 0.1) is 33.8 Å². The second-order valence-electron chi connectivity index (χ2n) is 14.4. The van der Waals surface area contributed by atoms with Gasteiger partial charge in [-0.1, -0.05) is 6.07 Å². The summed E-state index contributed by atoms with van der Waals surface area (Å²) in [7, 11) is 0.858. The van der Waals surface area contributed by atoms with Gasteiger partial charge in [0.25, 0.3) is 0 Å². The number of amides is 3. The number of hydrogen-bond acceptors (Lipinski definition) is 12. The summed E-state index contributed by atoms with van der Waals surface area (Å²) in [5.41, 5.74) is 5.65. The quantitative estimate of drug-likeness (QED) is 0.118. The Hall–Kier alpha value is -5.18. The molecule has 0 spiro atoms. The molecule has 0 saturated carbocycles. The van der Waals surface area contributed by atoms with E-state index in [0.717, 1.165) is 37.2 Å². The molecule has 56 heavy (non-hydrogen) atoms. The lowest BCUT2D eigenvalue weighted by Crippen LogP contribution is -2.49. The Morgan fingerprint density at radius 2 is 1.79 bits per heavy atom. The zero-order chi connectivity index (χ0) is 39.7. The average Bonchev–Trinajstić information content (AvgIpc) is 3.16. The zero-order valence-electron chi connectivity index (χ0n) is 31.8. The van der Waals surface area contributed by atoms with Crippen LogP contribution < -0.4 is 35.8 Å². The Morgan fingerprint density at radius 1 is 1.02 bits per heavy atom. The van der Waals surface area contributed by atoms with Crippen LogP contribution >= 0.6 is 23.1 Å². The molecule has 2 saturated heterocycles. The molecule has 0 radical (unpaired) electrons. The molecular formula is C39H43BrFN10O4P. The summed E-state index contributed by atoms with van der Waals surface area (Å²) in [4.78, 5) is 47.8. The Bertz CT molecular complexity index is 2370. The van der Waals surface area contributed by atoms with E-state index in [9.17, 15) is 14.2 Å². The molecule has 2 aliphatic heterocycles. The normalized spacial score (nSPS) is 15.4. The second-order valence-corrected chi connectivity index (χ2v) is 18.4. The van der Waals surface area contributed by atoms with Crippen molar-refractivity contribution in [2.75, 3.05) is 67.6 Å². The molecule has 0 bridgehead atoms. The van der Waals surface area contributed by atoms with Crippen LogP contribution in [0.2, 0.25) is 0 Å². The molecule has 3 N–H and O–H groups in total. The fraction of sp³-hybridized carbons (Fsp3) is 0.333. The van der Waals surface area contributed by atoms with Crippen molar-refractivity contribution in [1.29, 1.82) is 0 Å². The summed E-state index contributed by atoms with van der Waals surface area (Å²) >= 11 is 3.56. The van der Waals surface area contributed by atoms with Gasteiger partial charge in [-0.15, -0.1) is 0 Å². The van der Waals surface area contributed by atoms with E-state index in [-0.39, 0.29) is 30.7 Å². The van der Waals surface area contributed by atoms with Crippen LogP contribution in [-0.4, -0.2) is 89.9 Å². The maximum absolute atomic E-state index is 15.2. The lowest BCUT2D eigenvalue weighted by Gasteiger charge is -2.38. The van der Waals surface area contributed by atoms with Gasteiger partial charge in [-0.3, -0.25) is 29.9 Å². The van der Waals surface area contributed by atoms with Crippen molar-refractivity contribution in [2.45, 2.75) is 38.8 Å². The van der Waals surface area contributed by atoms with Crippen molar-refractivity contribution in [3.05, 3.63) is 82.5 Å². The van der Waals surface area contributed by atoms with Crippen molar-refractivity contribution in [2.24, 2.45) is 0 Å². The fourth-order valence-corrected chi connectivity index (χ4v) is 8.99. The number of nitrogens with zero attached hydrogens (tertiary/aromatic N) is 7. The number of ether oxygens (including phenoxy) is 1. The number of fused-ring (bicyclic) bond motifs is 1. The second kappa shape index (κ2) is 16.1. The third-order valence-electron chi connectivity index (χ3n) is 10.2. The van der Waals surface area contributed by atoms with Gasteiger partial charge >= 0.3 is 6.03 Å². The lowest BCUT2D eigenvalue weighted by molar-refractivity contribution is -0.120. The smallest absolute Gasteiger partial charge is 0.328 e. The van der Waals surface area contributed by atoms with Gasteiger partial charge in [0.1, 0.15) is 30.0 Å². The van der Waals surface area contributed by atoms with Crippen LogP contribution in [-0.2, 0) is 15.9 Å². The van der Waals surface area contributed by atoms with E-state index in [1.807, 2.05) is 31.3 Å². The van der Waals surface area contributed by atoms with E-state index in [1.54, 1.807) is 51.2 Å². The van der Waals surface area contributed by atoms with E-state index in [4.69, 9.17) is 9.72 Å². The van der Waals surface area contributed by atoms with Crippen molar-refractivity contribution in [3.63, 3.8) is 0 Å². The van der Waals surface area contributed by atoms with Crippen LogP contribution in [0.4, 0.5) is 43.7 Å². The number of nitrogens with one attached hydrogen (secondary N) is 3. The number of aryl methyl sites for hydroxylation is 1. The number of halogens is 2. The predicted molar refractivity (Wildman–Crippen MR) is 221 cm³/mol. The number of imide groups is 1. The molecule has 3 aromatic carbocycles. The van der Waals surface area contributed by atoms with Gasteiger partial charge in [0.2, 0.25) is 11.9 Å². The zero-order valence-corrected chi connectivity index (χ0v) is 34.2. The van der Waals surface area contributed by atoms with E-state index in [1.165, 1.54) is 11.0 Å². The number of piperidine rings is 1. The summed E-state index contributed by atoms with van der Waals surface area (Å²) in [5.74, 6) is 0.736. The summed E-state index contributed by atoms with van der Waals surface area (Å²) in [6.07, 6.45) is 6.81. The van der Waals surface area contributed by atoms with Crippen LogP contribution in [0.1, 0.15) is 30.4 Å². The van der Waals surface area contributed by atoms with Gasteiger partial charge in [-0.25, -0.2) is 14.2 Å². The van der Waals surface area contributed by atoms with Crippen LogP contribution in [0.15, 0.2) is 65.5 Å². The molecule has 2 fully saturated rings. The number of hydrogen-bond donors (Lipinski definition) is 3. The number of anilines is 6. The highest BCUT2D eigenvalue weighted by atomic mass is 79.9. The molecule has 0 atom stereocenters. The predicted octanol–water partition coefficient (Wildman–Crippen LogP) is 6.92. The Morgan fingerprint density at radius 3 is 2.50 bits per heavy atom. The van der Waals surface area contributed by atoms with Gasteiger partial charge in [-0.2, -0.15) is 4.98 Å². The van der Waals surface area contributed by atoms with E-state index in [2.05, 4.69) is 63.6 Å². The Labute approximate surface area is 332 Å². The molecule has 2 aliphatic rings. The summed E-state index contributed by atoms with van der Waals surface area (Å²) in [5, 5.41) is 9.53. The third kappa shape index (κ3) is 8.32. The van der Waals surface area contributed by atoms with Crippen LogP contribution in [0.5, 0.6) is 5.75 Å². The minimum Gasteiger partial charge on any atom is -0.494 e. The molecule has 7 rings (SSSR count). The molecule has 292 valence electrons. The lowest BCUT2D eigenvalue weighted by atomic mass is 10.0. The molecule has 3 amide bonds. The highest BCUT2D eigenvalue weighted by Gasteiger charge is 2.28. The maximum atomic E-state index is 15.2. The van der Waals surface area contributed by atoms with Crippen molar-refractivity contribution >= 4 is 85.9 Å². The highest BCUT2D eigenvalue weighted by molar-refractivity contribution is 9.10. The maximum Gasteiger partial charge on any atom is 0.328 e. The van der Waals surface area contributed by atoms with Crippen LogP contribution in [0, 0.1) is 12.7 Å². The first-order chi connectivity index (χ1) is 26.8. The minimum absolute atomic E-state index is 0.181. The fourth-order valence-electron chi connectivity index (χ4n) is 7.30. The van der Waals surface area contributed by atoms with Gasteiger partial charge in [0, 0.05) is 80.2 Å². The number of carbonyl (C=O) groups is 2. The first-order valence-corrected chi connectivity index (χ1v) is 21.6. The molecule has 5 aromatic rings. The number of urea groups is 1. The number of aromatic nitrogens is 4. The Balaban J connectivity index is 1.01. The van der Waals surface area contributed by atoms with E-state index >= 15 is 4.39 Å². The third-order valence-corrected chi connectivity index (χ3v) is 12.3. The molecule has 2 aromatic heterocycles. The molecule has 4 heterocycles. The standard InChI is InChI=1S/C39H43BrFN10O4P/c1-23-18-31(46-38-44-21-27(40)37(48-38)45-30-9-8-29-35(43-14-13-42-29)36(30)56(4,5)54)33(55-3)20-32(23)50-15-10-25(11-16-50)49(2)22-24-6-7-26(19-28(24)41)51-17-12-34(52)47-39(51)53/h6-9,13-14,18-21,25H,10-12,15-17,22H2,1-5H3,(H,47,52,53)(H2,44,45,46,48). The minimum atomic E-state index is -2.78. The van der Waals surface area contributed by atoms with E-state index < -0.39 is 13.2 Å². The molecular weight excluding hydrogens is 802 g/mol. The highest BCUT2D eigenvalue weighted by Crippen LogP contribution is 2.42. The summed E-state index contributed by atoms with van der Waals surface area (Å²) in [6.45, 7) is 7.75. The van der Waals surface area contributed by atoms with Crippen molar-refractivity contribution < 1.29 is 23.3 Å². The van der Waals surface area contributed by atoms with Crippen molar-refractivity contribution in [1.82, 2.24) is 30.2 Å². The number of benzene rings is 3. The van der Waals surface area contributed by atoms with Gasteiger partial charge < -0.3 is 24.8 Å². The number of methoxy groups -OCH3 is 1. The summed E-state index contributed by atoms with van der Waals surface area (Å²) in [6, 6.07) is 12.2. The largest absolute Gasteiger partial charge is 0.494 e.